The van der Waals surface area contributed by atoms with E-state index < -0.39 is 0 Å². The van der Waals surface area contributed by atoms with Gasteiger partial charge in [0, 0.05) is 22.7 Å². The summed E-state index contributed by atoms with van der Waals surface area (Å²) < 4.78 is 0. The van der Waals surface area contributed by atoms with Crippen LogP contribution in [0.3, 0.4) is 0 Å². The van der Waals surface area contributed by atoms with Gasteiger partial charge in [-0.2, -0.15) is 0 Å². The molecule has 1 atom stereocenters. The van der Waals surface area contributed by atoms with E-state index in [4.69, 9.17) is 0 Å². The summed E-state index contributed by atoms with van der Waals surface area (Å²) in [5.74, 6) is 1.13. The first-order valence-electron chi connectivity index (χ1n) is 6.77. The summed E-state index contributed by atoms with van der Waals surface area (Å²) in [4.78, 5) is 3.47. The van der Waals surface area contributed by atoms with Crippen LogP contribution in [-0.2, 0) is 0 Å². The molecule has 98 valence electrons. The second-order valence-corrected chi connectivity index (χ2v) is 5.65. The Bertz CT molecular complexity index is 445. The lowest BCUT2D eigenvalue weighted by atomic mass is 10.2. The van der Waals surface area contributed by atoms with Crippen LogP contribution in [0, 0.1) is 0 Å². The highest BCUT2D eigenvalue weighted by Gasteiger charge is 2.07. The van der Waals surface area contributed by atoms with Crippen molar-refractivity contribution >= 4 is 22.7 Å². The summed E-state index contributed by atoms with van der Waals surface area (Å²) in [5, 5.41) is 6.16. The van der Waals surface area contributed by atoms with Gasteiger partial charge in [-0.05, 0) is 31.5 Å². The number of hydrogen-bond donors (Lipinski definition) is 2. The molecule has 0 saturated heterocycles. The van der Waals surface area contributed by atoms with Gasteiger partial charge in [-0.1, -0.05) is 32.0 Å². The van der Waals surface area contributed by atoms with Crippen molar-refractivity contribution in [2.75, 3.05) is 12.3 Å². The maximum absolute atomic E-state index is 3.59. The summed E-state index contributed by atoms with van der Waals surface area (Å²) in [6.45, 7) is 5.58. The third kappa shape index (κ3) is 3.53. The quantitative estimate of drug-likeness (QED) is 0.737. The monoisotopic (exact) mass is 262 g/mol. The summed E-state index contributed by atoms with van der Waals surface area (Å²) in [6, 6.07) is 11.3. The number of fused-ring (bicyclic) bond motifs is 1. The number of rotatable bonds is 7. The van der Waals surface area contributed by atoms with E-state index in [0.717, 1.165) is 12.3 Å². The molecule has 2 nitrogen and oxygen atoms in total. The van der Waals surface area contributed by atoms with Crippen LogP contribution in [-0.4, -0.2) is 23.3 Å². The molecule has 1 aromatic carbocycles. The summed E-state index contributed by atoms with van der Waals surface area (Å²) in [6.07, 6.45) is 2.39. The zero-order valence-electron chi connectivity index (χ0n) is 11.2. The minimum absolute atomic E-state index is 0.612. The van der Waals surface area contributed by atoms with Crippen LogP contribution in [0.25, 0.3) is 10.9 Å². The normalized spacial score (nSPS) is 13.0. The molecule has 0 aliphatic carbocycles. The molecule has 0 fully saturated rings. The Morgan fingerprint density at radius 2 is 2.11 bits per heavy atom. The molecule has 1 unspecified atom stereocenters. The van der Waals surface area contributed by atoms with Gasteiger partial charge in [0.25, 0.3) is 0 Å². The SMILES string of the molecule is CCCNC(CC)CSc1cc2ccccc2[nH]1. The Balaban J connectivity index is 1.92. The Morgan fingerprint density at radius 3 is 2.83 bits per heavy atom. The third-order valence-electron chi connectivity index (χ3n) is 3.12. The van der Waals surface area contributed by atoms with Gasteiger partial charge in [0.1, 0.15) is 0 Å². The Kier molecular flexibility index (Phi) is 5.14. The maximum Gasteiger partial charge on any atom is 0.0733 e. The van der Waals surface area contributed by atoms with Gasteiger partial charge >= 0.3 is 0 Å². The van der Waals surface area contributed by atoms with E-state index in [9.17, 15) is 0 Å². The summed E-state index contributed by atoms with van der Waals surface area (Å²) >= 11 is 1.91. The summed E-state index contributed by atoms with van der Waals surface area (Å²) in [5.41, 5.74) is 1.23. The molecule has 0 aliphatic heterocycles. The van der Waals surface area contributed by atoms with Crippen LogP contribution in [0.15, 0.2) is 35.4 Å². The minimum Gasteiger partial charge on any atom is -0.350 e. The van der Waals surface area contributed by atoms with Gasteiger partial charge in [-0.3, -0.25) is 0 Å². The van der Waals surface area contributed by atoms with E-state index in [0.29, 0.717) is 6.04 Å². The Morgan fingerprint density at radius 1 is 1.28 bits per heavy atom. The van der Waals surface area contributed by atoms with E-state index in [1.165, 1.54) is 28.8 Å². The van der Waals surface area contributed by atoms with Crippen LogP contribution in [0.1, 0.15) is 26.7 Å². The maximum atomic E-state index is 3.59. The van der Waals surface area contributed by atoms with E-state index in [1.807, 2.05) is 11.8 Å². The van der Waals surface area contributed by atoms with Crippen LogP contribution in [0.5, 0.6) is 0 Å². The fourth-order valence-electron chi connectivity index (χ4n) is 1.98. The molecule has 0 aliphatic rings. The van der Waals surface area contributed by atoms with Crippen molar-refractivity contribution in [1.29, 1.82) is 0 Å². The van der Waals surface area contributed by atoms with Crippen molar-refractivity contribution < 1.29 is 0 Å². The molecular formula is C15H22N2S. The molecular weight excluding hydrogens is 240 g/mol. The fraction of sp³-hybridized carbons (Fsp3) is 0.467. The molecule has 1 heterocycles. The van der Waals surface area contributed by atoms with Crippen molar-refractivity contribution in [2.24, 2.45) is 0 Å². The van der Waals surface area contributed by atoms with E-state index in [2.05, 4.69) is 54.5 Å². The molecule has 2 aromatic rings. The second kappa shape index (κ2) is 6.86. The zero-order chi connectivity index (χ0) is 12.8. The van der Waals surface area contributed by atoms with E-state index >= 15 is 0 Å². The molecule has 2 N–H and O–H groups in total. The minimum atomic E-state index is 0.612. The lowest BCUT2D eigenvalue weighted by Gasteiger charge is -2.15. The number of H-pyrrole nitrogens is 1. The first-order chi connectivity index (χ1) is 8.83. The number of aromatic nitrogens is 1. The lowest BCUT2D eigenvalue weighted by Crippen LogP contribution is -2.31. The predicted octanol–water partition coefficient (Wildman–Crippen LogP) is 4.04. The van der Waals surface area contributed by atoms with Crippen molar-refractivity contribution in [3.63, 3.8) is 0 Å². The Labute approximate surface area is 114 Å². The van der Waals surface area contributed by atoms with Crippen LogP contribution >= 0.6 is 11.8 Å². The molecule has 0 spiro atoms. The topological polar surface area (TPSA) is 27.8 Å². The van der Waals surface area contributed by atoms with Gasteiger partial charge in [0.05, 0.1) is 5.03 Å². The molecule has 0 radical (unpaired) electrons. The van der Waals surface area contributed by atoms with Gasteiger partial charge in [-0.25, -0.2) is 0 Å². The highest BCUT2D eigenvalue weighted by atomic mass is 32.2. The van der Waals surface area contributed by atoms with Crippen LogP contribution < -0.4 is 5.32 Å². The molecule has 18 heavy (non-hydrogen) atoms. The standard InChI is InChI=1S/C15H22N2S/c1-3-9-16-13(4-2)11-18-15-10-12-7-5-6-8-14(12)17-15/h5-8,10,13,16-17H,3-4,9,11H2,1-2H3. The average Bonchev–Trinajstić information content (AvgIpc) is 2.81. The number of thioether (sulfide) groups is 1. The first kappa shape index (κ1) is 13.5. The lowest BCUT2D eigenvalue weighted by molar-refractivity contribution is 0.539. The number of para-hydroxylation sites is 1. The first-order valence-corrected chi connectivity index (χ1v) is 7.76. The number of hydrogen-bond acceptors (Lipinski definition) is 2. The van der Waals surface area contributed by atoms with Gasteiger partial charge < -0.3 is 10.3 Å². The molecule has 3 heteroatoms. The van der Waals surface area contributed by atoms with Gasteiger partial charge in [-0.15, -0.1) is 11.8 Å². The highest BCUT2D eigenvalue weighted by Crippen LogP contribution is 2.23. The van der Waals surface area contributed by atoms with E-state index in [-0.39, 0.29) is 0 Å². The largest absolute Gasteiger partial charge is 0.350 e. The van der Waals surface area contributed by atoms with E-state index in [1.54, 1.807) is 0 Å². The molecule has 0 amide bonds. The number of aromatic amines is 1. The fourth-order valence-corrected chi connectivity index (χ4v) is 3.11. The zero-order valence-corrected chi connectivity index (χ0v) is 12.0. The third-order valence-corrected chi connectivity index (χ3v) is 4.22. The smallest absolute Gasteiger partial charge is 0.0733 e. The van der Waals surface area contributed by atoms with Crippen molar-refractivity contribution in [3.8, 4) is 0 Å². The predicted molar refractivity (Wildman–Crippen MR) is 81.4 cm³/mol. The molecule has 0 bridgehead atoms. The van der Waals surface area contributed by atoms with Crippen molar-refractivity contribution in [1.82, 2.24) is 10.3 Å². The summed E-state index contributed by atoms with van der Waals surface area (Å²) in [7, 11) is 0. The number of benzene rings is 1. The molecule has 2 rings (SSSR count). The average molecular weight is 262 g/mol. The highest BCUT2D eigenvalue weighted by molar-refractivity contribution is 7.99. The number of nitrogens with one attached hydrogen (secondary N) is 2. The van der Waals surface area contributed by atoms with Crippen molar-refractivity contribution in [3.05, 3.63) is 30.3 Å². The molecule has 0 saturated carbocycles. The van der Waals surface area contributed by atoms with Crippen LogP contribution in [0.4, 0.5) is 0 Å². The van der Waals surface area contributed by atoms with Crippen LogP contribution in [0.2, 0.25) is 0 Å². The van der Waals surface area contributed by atoms with Gasteiger partial charge in [0.2, 0.25) is 0 Å². The second-order valence-electron chi connectivity index (χ2n) is 4.59. The van der Waals surface area contributed by atoms with Crippen molar-refractivity contribution in [2.45, 2.75) is 37.8 Å². The van der Waals surface area contributed by atoms with Gasteiger partial charge in [0.15, 0.2) is 0 Å². The molecule has 1 aromatic heterocycles. The Hall–Kier alpha value is -0.930.